The van der Waals surface area contributed by atoms with Gasteiger partial charge in [0.1, 0.15) is 19.0 Å². The number of anilines is 1. The molecule has 0 aromatic heterocycles. The van der Waals surface area contributed by atoms with Crippen LogP contribution >= 0.6 is 0 Å². The number of halogens is 1. The van der Waals surface area contributed by atoms with E-state index in [4.69, 9.17) is 0 Å². The van der Waals surface area contributed by atoms with Gasteiger partial charge < -0.3 is 10.2 Å². The number of nitrogens with zero attached hydrogens (tertiary/aromatic N) is 2. The highest BCUT2D eigenvalue weighted by Gasteiger charge is 2.31. The van der Waals surface area contributed by atoms with Gasteiger partial charge in [0.25, 0.3) is 0 Å². The lowest BCUT2D eigenvalue weighted by Crippen LogP contribution is -2.38. The first-order valence-electron chi connectivity index (χ1n) is 7.16. The van der Waals surface area contributed by atoms with Crippen LogP contribution in [0.1, 0.15) is 19.8 Å². The van der Waals surface area contributed by atoms with Gasteiger partial charge in [-0.05, 0) is 37.2 Å². The SMILES string of the molecule is CCCCNCC(=O)N1CC(=O)N(c2ccc(F)cc2)C1. The molecule has 0 atom stereocenters. The zero-order valence-electron chi connectivity index (χ0n) is 12.1. The smallest absolute Gasteiger partial charge is 0.248 e. The van der Waals surface area contributed by atoms with E-state index in [1.807, 2.05) is 0 Å². The Morgan fingerprint density at radius 2 is 2.05 bits per heavy atom. The average Bonchev–Trinajstić information content (AvgIpc) is 2.86. The lowest BCUT2D eigenvalue weighted by Gasteiger charge is -2.18. The molecule has 2 amide bonds. The van der Waals surface area contributed by atoms with E-state index in [1.165, 1.54) is 21.9 Å². The summed E-state index contributed by atoms with van der Waals surface area (Å²) < 4.78 is 12.9. The van der Waals surface area contributed by atoms with Crippen molar-refractivity contribution in [1.82, 2.24) is 10.2 Å². The monoisotopic (exact) mass is 293 g/mol. The van der Waals surface area contributed by atoms with Crippen molar-refractivity contribution in [3.05, 3.63) is 30.1 Å². The van der Waals surface area contributed by atoms with Crippen LogP contribution < -0.4 is 10.2 Å². The average molecular weight is 293 g/mol. The molecular weight excluding hydrogens is 273 g/mol. The molecular formula is C15H20FN3O2. The largest absolute Gasteiger partial charge is 0.314 e. The third kappa shape index (κ3) is 4.01. The van der Waals surface area contributed by atoms with Gasteiger partial charge >= 0.3 is 0 Å². The number of hydrogen-bond donors (Lipinski definition) is 1. The lowest BCUT2D eigenvalue weighted by molar-refractivity contribution is -0.130. The number of benzene rings is 1. The van der Waals surface area contributed by atoms with Gasteiger partial charge in [0.2, 0.25) is 11.8 Å². The van der Waals surface area contributed by atoms with Gasteiger partial charge in [0.15, 0.2) is 0 Å². The summed E-state index contributed by atoms with van der Waals surface area (Å²) in [5, 5.41) is 3.07. The Morgan fingerprint density at radius 1 is 1.33 bits per heavy atom. The molecule has 0 unspecified atom stereocenters. The van der Waals surface area contributed by atoms with Gasteiger partial charge in [-0.15, -0.1) is 0 Å². The number of carbonyl (C=O) groups is 2. The minimum atomic E-state index is -0.349. The Labute approximate surface area is 123 Å². The van der Waals surface area contributed by atoms with Crippen LogP contribution in [0.3, 0.4) is 0 Å². The topological polar surface area (TPSA) is 52.7 Å². The van der Waals surface area contributed by atoms with Gasteiger partial charge in [-0.3, -0.25) is 14.5 Å². The van der Waals surface area contributed by atoms with Crippen LogP contribution in [-0.2, 0) is 9.59 Å². The van der Waals surface area contributed by atoms with E-state index in [0.717, 1.165) is 19.4 Å². The second-order valence-electron chi connectivity index (χ2n) is 5.06. The summed E-state index contributed by atoms with van der Waals surface area (Å²) in [5.41, 5.74) is 0.607. The number of rotatable bonds is 6. The van der Waals surface area contributed by atoms with Gasteiger partial charge in [-0.2, -0.15) is 0 Å². The van der Waals surface area contributed by atoms with E-state index in [0.29, 0.717) is 5.69 Å². The summed E-state index contributed by atoms with van der Waals surface area (Å²) in [6.45, 7) is 3.42. The normalized spacial score (nSPS) is 14.9. The van der Waals surface area contributed by atoms with E-state index in [9.17, 15) is 14.0 Å². The maximum absolute atomic E-state index is 12.9. The second kappa shape index (κ2) is 7.17. The molecule has 1 aromatic carbocycles. The quantitative estimate of drug-likeness (QED) is 0.806. The summed E-state index contributed by atoms with van der Waals surface area (Å²) in [6, 6.07) is 5.69. The number of unbranched alkanes of at least 4 members (excludes halogenated alkanes) is 1. The minimum Gasteiger partial charge on any atom is -0.314 e. The molecule has 1 N–H and O–H groups in total. The zero-order chi connectivity index (χ0) is 15.2. The number of nitrogens with one attached hydrogen (secondary N) is 1. The Bertz CT molecular complexity index is 504. The number of hydrogen-bond acceptors (Lipinski definition) is 3. The van der Waals surface area contributed by atoms with Gasteiger partial charge in [-0.1, -0.05) is 13.3 Å². The fourth-order valence-corrected chi connectivity index (χ4v) is 2.17. The van der Waals surface area contributed by atoms with Crippen LogP contribution in [-0.4, -0.2) is 43.0 Å². The van der Waals surface area contributed by atoms with Crippen LogP contribution in [0.2, 0.25) is 0 Å². The van der Waals surface area contributed by atoms with Crippen LogP contribution in [0, 0.1) is 5.82 Å². The standard InChI is InChI=1S/C15H20FN3O2/c1-2-3-8-17-9-14(20)18-10-15(21)19(11-18)13-6-4-12(16)5-7-13/h4-7,17H,2-3,8-11H2,1H3. The number of amides is 2. The van der Waals surface area contributed by atoms with E-state index < -0.39 is 0 Å². The minimum absolute atomic E-state index is 0.0751. The van der Waals surface area contributed by atoms with Crippen molar-refractivity contribution in [2.75, 3.05) is 31.2 Å². The lowest BCUT2D eigenvalue weighted by atomic mass is 10.3. The highest BCUT2D eigenvalue weighted by Crippen LogP contribution is 2.19. The van der Waals surface area contributed by atoms with Crippen molar-refractivity contribution < 1.29 is 14.0 Å². The van der Waals surface area contributed by atoms with Crippen LogP contribution in [0.4, 0.5) is 10.1 Å². The first-order valence-corrected chi connectivity index (χ1v) is 7.16. The third-order valence-corrected chi connectivity index (χ3v) is 3.41. The second-order valence-corrected chi connectivity index (χ2v) is 5.06. The Balaban J connectivity index is 1.90. The van der Waals surface area contributed by atoms with Crippen molar-refractivity contribution >= 4 is 17.5 Å². The van der Waals surface area contributed by atoms with Crippen LogP contribution in [0.25, 0.3) is 0 Å². The molecule has 2 rings (SSSR count). The highest BCUT2D eigenvalue weighted by molar-refractivity contribution is 6.00. The first-order chi connectivity index (χ1) is 10.1. The summed E-state index contributed by atoms with van der Waals surface area (Å²) in [4.78, 5) is 27.0. The highest BCUT2D eigenvalue weighted by atomic mass is 19.1. The molecule has 1 aliphatic heterocycles. The molecule has 0 spiro atoms. The van der Waals surface area contributed by atoms with Gasteiger partial charge in [0.05, 0.1) is 6.54 Å². The summed E-state index contributed by atoms with van der Waals surface area (Å²) in [7, 11) is 0. The molecule has 0 radical (unpaired) electrons. The molecule has 0 aliphatic carbocycles. The molecule has 1 saturated heterocycles. The Morgan fingerprint density at radius 3 is 2.71 bits per heavy atom. The maximum Gasteiger partial charge on any atom is 0.248 e. The molecule has 5 nitrogen and oxygen atoms in total. The maximum atomic E-state index is 12.9. The van der Waals surface area contributed by atoms with Crippen molar-refractivity contribution in [2.45, 2.75) is 19.8 Å². The summed E-state index contributed by atoms with van der Waals surface area (Å²) >= 11 is 0. The predicted octanol–water partition coefficient (Wildman–Crippen LogP) is 1.35. The van der Waals surface area contributed by atoms with Gasteiger partial charge in [0, 0.05) is 5.69 Å². The summed E-state index contributed by atoms with van der Waals surface area (Å²) in [5.74, 6) is -0.592. The van der Waals surface area contributed by atoms with Crippen molar-refractivity contribution in [3.63, 3.8) is 0 Å². The van der Waals surface area contributed by atoms with Crippen LogP contribution in [0.15, 0.2) is 24.3 Å². The number of carbonyl (C=O) groups excluding carboxylic acids is 2. The molecule has 114 valence electrons. The molecule has 1 aliphatic rings. The molecule has 1 fully saturated rings. The molecule has 21 heavy (non-hydrogen) atoms. The Hall–Kier alpha value is -1.95. The van der Waals surface area contributed by atoms with E-state index in [2.05, 4.69) is 12.2 Å². The van der Waals surface area contributed by atoms with E-state index in [-0.39, 0.29) is 37.4 Å². The van der Waals surface area contributed by atoms with Crippen molar-refractivity contribution in [1.29, 1.82) is 0 Å². The van der Waals surface area contributed by atoms with E-state index >= 15 is 0 Å². The fourth-order valence-electron chi connectivity index (χ4n) is 2.17. The molecule has 0 saturated carbocycles. The molecule has 1 heterocycles. The fraction of sp³-hybridized carbons (Fsp3) is 0.467. The van der Waals surface area contributed by atoms with Gasteiger partial charge in [-0.25, -0.2) is 4.39 Å². The first kappa shape index (κ1) is 15.4. The third-order valence-electron chi connectivity index (χ3n) is 3.41. The molecule has 0 bridgehead atoms. The van der Waals surface area contributed by atoms with Crippen molar-refractivity contribution in [2.24, 2.45) is 0 Å². The zero-order valence-corrected chi connectivity index (χ0v) is 12.1. The predicted molar refractivity (Wildman–Crippen MR) is 78.2 cm³/mol. The van der Waals surface area contributed by atoms with Crippen LogP contribution in [0.5, 0.6) is 0 Å². The summed E-state index contributed by atoms with van der Waals surface area (Å²) in [6.07, 6.45) is 2.09. The molecule has 6 heteroatoms. The Kier molecular flexibility index (Phi) is 5.27. The van der Waals surface area contributed by atoms with Crippen molar-refractivity contribution in [3.8, 4) is 0 Å². The van der Waals surface area contributed by atoms with E-state index in [1.54, 1.807) is 12.1 Å². The molecule has 1 aromatic rings.